The Morgan fingerprint density at radius 3 is 2.14 bits per heavy atom. The Hall–Kier alpha value is -1.27. The third-order valence-electron chi connectivity index (χ3n) is 2.18. The molecule has 14 heavy (non-hydrogen) atoms. The van der Waals surface area contributed by atoms with Crippen molar-refractivity contribution in [1.29, 1.82) is 0 Å². The molecule has 0 aromatic heterocycles. The highest BCUT2D eigenvalue weighted by Crippen LogP contribution is 2.28. The van der Waals surface area contributed by atoms with Crippen LogP contribution < -0.4 is 11.5 Å². The molecule has 0 atom stereocenters. The van der Waals surface area contributed by atoms with Gasteiger partial charge >= 0.3 is 0 Å². The minimum Gasteiger partial charge on any atom is -0.398 e. The van der Waals surface area contributed by atoms with E-state index in [0.717, 1.165) is 0 Å². The van der Waals surface area contributed by atoms with E-state index in [1.54, 1.807) is 6.92 Å². The summed E-state index contributed by atoms with van der Waals surface area (Å²) in [5.41, 5.74) is 12.6. The molecule has 1 aromatic rings. The molecule has 0 bridgehead atoms. The average Bonchev–Trinajstić information content (AvgIpc) is 2.06. The lowest BCUT2D eigenvalue weighted by Crippen LogP contribution is -2.07. The number of nitrogen functional groups attached to an aromatic ring is 2. The fourth-order valence-electron chi connectivity index (χ4n) is 1.20. The first-order chi connectivity index (χ1) is 6.25. The van der Waals surface area contributed by atoms with Gasteiger partial charge in [-0.1, -0.05) is 0 Å². The molecule has 5 N–H and O–H groups in total. The van der Waals surface area contributed by atoms with Crippen LogP contribution in [-0.4, -0.2) is 13.0 Å². The largest absolute Gasteiger partial charge is 0.398 e. The number of hydrogen-bond donors (Lipinski definition) is 3. The summed E-state index contributed by atoms with van der Waals surface area (Å²) in [6.45, 7) is 3.20. The summed E-state index contributed by atoms with van der Waals surface area (Å²) in [4.78, 5) is -0.238. The van der Waals surface area contributed by atoms with Crippen LogP contribution in [0.3, 0.4) is 0 Å². The van der Waals surface area contributed by atoms with Crippen LogP contribution >= 0.6 is 0 Å². The van der Waals surface area contributed by atoms with E-state index in [4.69, 9.17) is 16.0 Å². The van der Waals surface area contributed by atoms with Crippen LogP contribution in [0.1, 0.15) is 11.1 Å². The van der Waals surface area contributed by atoms with Gasteiger partial charge in [-0.3, -0.25) is 4.55 Å². The van der Waals surface area contributed by atoms with Crippen molar-refractivity contribution in [3.8, 4) is 0 Å². The lowest BCUT2D eigenvalue weighted by molar-refractivity contribution is 0.482. The van der Waals surface area contributed by atoms with Crippen molar-refractivity contribution in [1.82, 2.24) is 0 Å². The first-order valence-electron chi connectivity index (χ1n) is 3.87. The second kappa shape index (κ2) is 3.14. The molecule has 0 aliphatic carbocycles. The molecule has 78 valence electrons. The van der Waals surface area contributed by atoms with Crippen LogP contribution in [0.15, 0.2) is 11.0 Å². The number of benzene rings is 1. The monoisotopic (exact) mass is 216 g/mol. The second-order valence-corrected chi connectivity index (χ2v) is 4.49. The molecule has 0 amide bonds. The zero-order valence-corrected chi connectivity index (χ0v) is 8.72. The Labute approximate surface area is 82.5 Å². The van der Waals surface area contributed by atoms with Gasteiger partial charge in [0.25, 0.3) is 10.1 Å². The van der Waals surface area contributed by atoms with Gasteiger partial charge in [0.2, 0.25) is 0 Å². The zero-order valence-electron chi connectivity index (χ0n) is 7.90. The normalized spacial score (nSPS) is 11.6. The van der Waals surface area contributed by atoms with Gasteiger partial charge in [-0.2, -0.15) is 8.42 Å². The van der Waals surface area contributed by atoms with E-state index >= 15 is 0 Å². The summed E-state index contributed by atoms with van der Waals surface area (Å²) in [7, 11) is -4.26. The molecule has 0 saturated carbocycles. The van der Waals surface area contributed by atoms with Crippen molar-refractivity contribution in [2.45, 2.75) is 18.7 Å². The fraction of sp³-hybridized carbons (Fsp3) is 0.250. The van der Waals surface area contributed by atoms with Crippen LogP contribution in [0.2, 0.25) is 0 Å². The standard InChI is InChI=1S/C8H12N2O3S/c1-4-6(9)3-7(14(11,12)13)5(2)8(4)10/h3H,9-10H2,1-2H3,(H,11,12,13). The van der Waals surface area contributed by atoms with Gasteiger partial charge in [-0.25, -0.2) is 0 Å². The van der Waals surface area contributed by atoms with Crippen molar-refractivity contribution in [2.75, 3.05) is 11.5 Å². The van der Waals surface area contributed by atoms with E-state index < -0.39 is 10.1 Å². The molecule has 0 heterocycles. The minimum atomic E-state index is -4.26. The Kier molecular flexibility index (Phi) is 2.43. The number of anilines is 2. The summed E-state index contributed by atoms with van der Waals surface area (Å²) < 4.78 is 30.7. The maximum atomic E-state index is 10.9. The summed E-state index contributed by atoms with van der Waals surface area (Å²) in [5, 5.41) is 0. The van der Waals surface area contributed by atoms with E-state index in [9.17, 15) is 8.42 Å². The van der Waals surface area contributed by atoms with E-state index in [2.05, 4.69) is 0 Å². The van der Waals surface area contributed by atoms with Crippen molar-refractivity contribution in [2.24, 2.45) is 0 Å². The first kappa shape index (κ1) is 10.8. The van der Waals surface area contributed by atoms with Crippen LogP contribution in [-0.2, 0) is 10.1 Å². The van der Waals surface area contributed by atoms with E-state index in [-0.39, 0.29) is 16.3 Å². The molecule has 1 aromatic carbocycles. The molecule has 0 fully saturated rings. The van der Waals surface area contributed by atoms with E-state index in [0.29, 0.717) is 11.1 Å². The molecule has 1 rings (SSSR count). The van der Waals surface area contributed by atoms with Crippen LogP contribution in [0.4, 0.5) is 11.4 Å². The topological polar surface area (TPSA) is 106 Å². The Bertz CT molecular complexity index is 480. The molecular weight excluding hydrogens is 204 g/mol. The minimum absolute atomic E-state index is 0.238. The predicted octanol–water partition coefficient (Wildman–Crippen LogP) is 0.715. The van der Waals surface area contributed by atoms with Crippen LogP contribution in [0, 0.1) is 13.8 Å². The van der Waals surface area contributed by atoms with Crippen molar-refractivity contribution < 1.29 is 13.0 Å². The highest BCUT2D eigenvalue weighted by atomic mass is 32.2. The molecular formula is C8H12N2O3S. The van der Waals surface area contributed by atoms with Gasteiger partial charge in [0.1, 0.15) is 4.90 Å². The summed E-state index contributed by atoms with van der Waals surface area (Å²) in [5.74, 6) is 0. The zero-order chi connectivity index (χ0) is 11.1. The first-order valence-corrected chi connectivity index (χ1v) is 5.31. The van der Waals surface area contributed by atoms with Crippen LogP contribution in [0.5, 0.6) is 0 Å². The number of rotatable bonds is 1. The molecule has 0 radical (unpaired) electrons. The molecule has 0 aliphatic rings. The third-order valence-corrected chi connectivity index (χ3v) is 3.15. The maximum absolute atomic E-state index is 10.9. The van der Waals surface area contributed by atoms with Gasteiger partial charge in [-0.05, 0) is 31.0 Å². The fourth-order valence-corrected chi connectivity index (χ4v) is 1.97. The van der Waals surface area contributed by atoms with E-state index in [1.807, 2.05) is 0 Å². The van der Waals surface area contributed by atoms with Crippen molar-refractivity contribution in [3.05, 3.63) is 17.2 Å². The molecule has 0 spiro atoms. The van der Waals surface area contributed by atoms with Gasteiger partial charge < -0.3 is 11.5 Å². The summed E-state index contributed by atoms with van der Waals surface area (Å²) >= 11 is 0. The molecule has 0 aliphatic heterocycles. The van der Waals surface area contributed by atoms with Gasteiger partial charge in [0.15, 0.2) is 0 Å². The summed E-state index contributed by atoms with van der Waals surface area (Å²) in [6.07, 6.45) is 0. The molecule has 5 nitrogen and oxygen atoms in total. The summed E-state index contributed by atoms with van der Waals surface area (Å²) in [6, 6.07) is 1.20. The van der Waals surface area contributed by atoms with Crippen molar-refractivity contribution in [3.63, 3.8) is 0 Å². The quantitative estimate of drug-likeness (QED) is 0.473. The maximum Gasteiger partial charge on any atom is 0.294 e. The lowest BCUT2D eigenvalue weighted by Gasteiger charge is -2.11. The molecule has 6 heteroatoms. The van der Waals surface area contributed by atoms with Crippen LogP contribution in [0.25, 0.3) is 0 Å². The smallest absolute Gasteiger partial charge is 0.294 e. The molecule has 0 unspecified atom stereocenters. The van der Waals surface area contributed by atoms with Gasteiger partial charge in [0.05, 0.1) is 0 Å². The number of nitrogens with two attached hydrogens (primary N) is 2. The second-order valence-electron chi connectivity index (χ2n) is 3.10. The Morgan fingerprint density at radius 2 is 1.71 bits per heavy atom. The highest BCUT2D eigenvalue weighted by molar-refractivity contribution is 7.85. The third kappa shape index (κ3) is 1.66. The van der Waals surface area contributed by atoms with Gasteiger partial charge in [0, 0.05) is 11.4 Å². The van der Waals surface area contributed by atoms with Gasteiger partial charge in [-0.15, -0.1) is 0 Å². The highest BCUT2D eigenvalue weighted by Gasteiger charge is 2.17. The SMILES string of the molecule is Cc1c(N)cc(S(=O)(=O)O)c(C)c1N. The predicted molar refractivity (Wildman–Crippen MR) is 54.6 cm³/mol. The number of hydrogen-bond acceptors (Lipinski definition) is 4. The Morgan fingerprint density at radius 1 is 1.21 bits per heavy atom. The Balaban J connectivity index is 3.66. The average molecular weight is 216 g/mol. The lowest BCUT2D eigenvalue weighted by atomic mass is 10.1. The van der Waals surface area contributed by atoms with Crippen molar-refractivity contribution >= 4 is 21.5 Å². The van der Waals surface area contributed by atoms with E-state index in [1.165, 1.54) is 13.0 Å². The molecule has 0 saturated heterocycles.